The second kappa shape index (κ2) is 13.9. The topological polar surface area (TPSA) is 164 Å². The Bertz CT molecular complexity index is 1770. The third-order valence-electron chi connectivity index (χ3n) is 9.23. The van der Waals surface area contributed by atoms with Crippen molar-refractivity contribution in [2.75, 3.05) is 13.2 Å². The van der Waals surface area contributed by atoms with E-state index in [-0.39, 0.29) is 23.8 Å². The summed E-state index contributed by atoms with van der Waals surface area (Å²) in [4.78, 5) is 43.4. The Morgan fingerprint density at radius 2 is 1.79 bits per heavy atom. The average Bonchev–Trinajstić information content (AvgIpc) is 3.97. The molecule has 0 heterocycles. The zero-order chi connectivity index (χ0) is 33.9. The number of benzene rings is 2. The summed E-state index contributed by atoms with van der Waals surface area (Å²) in [6.45, 7) is 6.20. The first-order valence-electron chi connectivity index (χ1n) is 16.4. The molecule has 4 aliphatic carbocycles. The van der Waals surface area contributed by atoms with Gasteiger partial charge >= 0.3 is 0 Å². The molecule has 0 bridgehead atoms. The summed E-state index contributed by atoms with van der Waals surface area (Å²) < 4.78 is 33.0. The van der Waals surface area contributed by atoms with Crippen LogP contribution in [0.1, 0.15) is 63.0 Å². The smallest absolute Gasteiger partial charge is 0.259 e. The van der Waals surface area contributed by atoms with Crippen molar-refractivity contribution in [3.05, 3.63) is 78.4 Å². The van der Waals surface area contributed by atoms with Gasteiger partial charge in [0, 0.05) is 36.4 Å². The lowest BCUT2D eigenvalue weighted by Gasteiger charge is -2.21. The zero-order valence-corrected chi connectivity index (χ0v) is 27.7. The number of hydrazine groups is 1. The van der Waals surface area contributed by atoms with Gasteiger partial charge in [-0.1, -0.05) is 47.6 Å². The minimum atomic E-state index is -3.74. The van der Waals surface area contributed by atoms with Gasteiger partial charge in [-0.05, 0) is 74.3 Å². The van der Waals surface area contributed by atoms with E-state index in [1.54, 1.807) is 6.08 Å². The van der Waals surface area contributed by atoms with Crippen LogP contribution in [-0.4, -0.2) is 61.9 Å². The summed E-state index contributed by atoms with van der Waals surface area (Å²) in [6.07, 6.45) is 8.88. The van der Waals surface area contributed by atoms with Crippen LogP contribution in [-0.2, 0) is 29.2 Å². The van der Waals surface area contributed by atoms with Crippen molar-refractivity contribution < 1.29 is 32.4 Å². The number of carbonyl (C=O) groups excluding carboxylic acids is 3. The maximum Gasteiger partial charge on any atom is 0.259 e. The fraction of sp³-hybridized carbons (Fsp3) is 0.429. The van der Waals surface area contributed by atoms with Crippen LogP contribution in [0.15, 0.2) is 72.4 Å². The molecule has 2 aromatic rings. The van der Waals surface area contributed by atoms with Crippen molar-refractivity contribution in [2.45, 2.75) is 68.8 Å². The summed E-state index contributed by atoms with van der Waals surface area (Å²) in [7, 11) is -3.74. The number of fused-ring (bicyclic) bond motifs is 3. The Morgan fingerprint density at radius 1 is 1.02 bits per heavy atom. The number of ether oxygens (including phenoxy) is 1. The first kappa shape index (κ1) is 33.4. The minimum Gasteiger partial charge on any atom is -0.490 e. The van der Waals surface area contributed by atoms with Gasteiger partial charge in [-0.2, -0.15) is 0 Å². The molecule has 3 saturated carbocycles. The molecule has 4 atom stereocenters. The molecule has 3 fully saturated rings. The number of nitrogens with zero attached hydrogens (tertiary/aromatic N) is 1. The predicted octanol–water partition coefficient (Wildman–Crippen LogP) is 3.24. The van der Waals surface area contributed by atoms with Gasteiger partial charge in [0.2, 0.25) is 21.8 Å². The van der Waals surface area contributed by atoms with Crippen LogP contribution < -0.4 is 25.6 Å². The fourth-order valence-electron chi connectivity index (χ4n) is 6.32. The molecule has 48 heavy (non-hydrogen) atoms. The highest BCUT2D eigenvalue weighted by molar-refractivity contribution is 7.91. The Hall–Kier alpha value is -4.49. The van der Waals surface area contributed by atoms with Crippen LogP contribution in [0.5, 0.6) is 5.75 Å². The first-order chi connectivity index (χ1) is 23.1. The molecule has 0 saturated heterocycles. The number of nitrogens with one attached hydrogen (secondary N) is 4. The van der Waals surface area contributed by atoms with Gasteiger partial charge in [0.15, 0.2) is 0 Å². The fourth-order valence-corrected chi connectivity index (χ4v) is 7.69. The number of sulfonamides is 1. The Balaban J connectivity index is 1.07. The monoisotopic (exact) mass is 675 g/mol. The minimum absolute atomic E-state index is 0.137. The maximum atomic E-state index is 13.3. The molecule has 12 nitrogen and oxygen atoms in total. The van der Waals surface area contributed by atoms with E-state index in [1.807, 2.05) is 54.6 Å². The molecular formula is C35H41N5O7S. The highest BCUT2D eigenvalue weighted by atomic mass is 32.2. The van der Waals surface area contributed by atoms with E-state index in [4.69, 9.17) is 9.57 Å². The second-order valence-corrected chi connectivity index (χ2v) is 14.8. The summed E-state index contributed by atoms with van der Waals surface area (Å²) in [5, 5.41) is 6.94. The summed E-state index contributed by atoms with van der Waals surface area (Å²) >= 11 is 0. The van der Waals surface area contributed by atoms with Crippen LogP contribution >= 0.6 is 0 Å². The van der Waals surface area contributed by atoms with E-state index in [0.717, 1.165) is 28.7 Å². The van der Waals surface area contributed by atoms with E-state index in [1.165, 1.54) is 6.92 Å². The Kier molecular flexibility index (Phi) is 9.70. The highest BCUT2D eigenvalue weighted by Crippen LogP contribution is 2.46. The van der Waals surface area contributed by atoms with E-state index in [2.05, 4.69) is 32.6 Å². The SMILES string of the molecule is C=C[C@H]1C[C@]1(NC(=O)[C@H]1CC[C@H](O/N=C2/c3ccccc3-c3ccc(OC/C=C\CCNNC(C)=O)cc32)C1)C(=O)NS(=O)(=O)C1CC1. The molecule has 2 aromatic carbocycles. The molecule has 0 aromatic heterocycles. The van der Waals surface area contributed by atoms with Crippen LogP contribution in [0.25, 0.3) is 11.1 Å². The number of hydrogen-bond donors (Lipinski definition) is 4. The number of oxime groups is 1. The zero-order valence-electron chi connectivity index (χ0n) is 26.9. The van der Waals surface area contributed by atoms with E-state index in [0.29, 0.717) is 63.1 Å². The van der Waals surface area contributed by atoms with Crippen LogP contribution in [0.2, 0.25) is 0 Å². The second-order valence-electron chi connectivity index (χ2n) is 12.8. The largest absolute Gasteiger partial charge is 0.490 e. The van der Waals surface area contributed by atoms with Crippen molar-refractivity contribution in [3.8, 4) is 16.9 Å². The quantitative estimate of drug-likeness (QED) is 0.108. The molecule has 0 aliphatic heterocycles. The summed E-state index contributed by atoms with van der Waals surface area (Å²) in [5.74, 6) is -1.17. The van der Waals surface area contributed by atoms with Crippen molar-refractivity contribution in [1.29, 1.82) is 0 Å². The first-order valence-corrected chi connectivity index (χ1v) is 17.9. The van der Waals surface area contributed by atoms with Crippen molar-refractivity contribution in [1.82, 2.24) is 20.9 Å². The number of rotatable bonds is 15. The highest BCUT2D eigenvalue weighted by Gasteiger charge is 2.61. The molecular weight excluding hydrogens is 634 g/mol. The van der Waals surface area contributed by atoms with Crippen molar-refractivity contribution in [2.24, 2.45) is 17.0 Å². The third-order valence-corrected chi connectivity index (χ3v) is 11.0. The average molecular weight is 676 g/mol. The molecule has 0 unspecified atom stereocenters. The van der Waals surface area contributed by atoms with Crippen LogP contribution in [0.4, 0.5) is 0 Å². The molecule has 0 radical (unpaired) electrons. The summed E-state index contributed by atoms with van der Waals surface area (Å²) in [6, 6.07) is 13.9. The van der Waals surface area contributed by atoms with Gasteiger partial charge in [0.05, 0.1) is 5.25 Å². The molecule has 13 heteroatoms. The normalized spacial score (nSPS) is 24.9. The molecule has 0 spiro atoms. The molecule has 4 N–H and O–H groups in total. The van der Waals surface area contributed by atoms with Gasteiger partial charge in [-0.15, -0.1) is 6.58 Å². The van der Waals surface area contributed by atoms with Crippen molar-refractivity contribution >= 4 is 33.5 Å². The van der Waals surface area contributed by atoms with Gasteiger partial charge in [-0.3, -0.25) is 24.5 Å². The van der Waals surface area contributed by atoms with Gasteiger partial charge in [0.1, 0.15) is 29.7 Å². The Morgan fingerprint density at radius 3 is 2.52 bits per heavy atom. The standard InChI is InChI=1S/C35H41N5O7S/c1-3-24-21-35(24,34(43)40-48(44,45)27-14-15-27)37-33(42)23-11-12-26(19-23)47-39-32-30-10-6-5-9-28(30)29-16-13-25(20-31(29)32)46-18-8-4-7-17-36-38-22(2)41/h3-6,8-10,13,16,20,23-24,26-27,36H,1,7,11-12,14-15,17-19,21H2,2H3,(H,37,42)(H,38,41)(H,40,43)/b8-4-,39-32-/t23-,24-,26-,35+/m0/s1. The molecule has 6 rings (SSSR count). The molecule has 254 valence electrons. The van der Waals surface area contributed by atoms with E-state index < -0.39 is 32.6 Å². The van der Waals surface area contributed by atoms with Gasteiger partial charge in [-0.25, -0.2) is 13.8 Å². The number of amides is 3. The number of carbonyl (C=O) groups is 3. The lowest BCUT2D eigenvalue weighted by atomic mass is 10.1. The third kappa shape index (κ3) is 7.31. The van der Waals surface area contributed by atoms with E-state index in [9.17, 15) is 22.8 Å². The van der Waals surface area contributed by atoms with Crippen LogP contribution in [0.3, 0.4) is 0 Å². The molecule has 3 amide bonds. The van der Waals surface area contributed by atoms with Gasteiger partial charge < -0.3 is 14.9 Å². The predicted molar refractivity (Wildman–Crippen MR) is 180 cm³/mol. The lowest BCUT2D eigenvalue weighted by Crippen LogP contribution is -2.53. The van der Waals surface area contributed by atoms with E-state index >= 15 is 0 Å². The maximum absolute atomic E-state index is 13.3. The van der Waals surface area contributed by atoms with Gasteiger partial charge in [0.25, 0.3) is 5.91 Å². The lowest BCUT2D eigenvalue weighted by molar-refractivity contribution is -0.131. The Labute approximate surface area is 280 Å². The van der Waals surface area contributed by atoms with Crippen molar-refractivity contribution in [3.63, 3.8) is 0 Å². The van der Waals surface area contributed by atoms with Crippen LogP contribution in [0, 0.1) is 11.8 Å². The summed E-state index contributed by atoms with van der Waals surface area (Å²) in [5.41, 5.74) is 8.68. The molecule has 4 aliphatic rings. The number of hydrogen-bond acceptors (Lipinski definition) is 9.